The molecule has 1 aliphatic carbocycles. The van der Waals surface area contributed by atoms with E-state index in [9.17, 15) is 4.79 Å². The van der Waals surface area contributed by atoms with E-state index in [1.54, 1.807) is 0 Å². The lowest BCUT2D eigenvalue weighted by atomic mass is 9.76. The number of carbonyl (C=O) groups excluding carboxylic acids is 1. The van der Waals surface area contributed by atoms with Gasteiger partial charge in [0.1, 0.15) is 0 Å². The largest absolute Gasteiger partial charge is 0.294 e. The van der Waals surface area contributed by atoms with Crippen LogP contribution in [-0.4, -0.2) is 16.0 Å². The van der Waals surface area contributed by atoms with Gasteiger partial charge in [-0.15, -0.1) is 0 Å². The molecule has 1 saturated carbocycles. The van der Waals surface area contributed by atoms with Crippen LogP contribution in [0.4, 0.5) is 0 Å². The number of aromatic amines is 1. The number of benzene rings is 1. The van der Waals surface area contributed by atoms with Gasteiger partial charge in [0.05, 0.1) is 5.69 Å². The number of nitrogens with zero attached hydrogens (tertiary/aromatic N) is 1. The van der Waals surface area contributed by atoms with E-state index < -0.39 is 0 Å². The Morgan fingerprint density at radius 3 is 2.52 bits per heavy atom. The van der Waals surface area contributed by atoms with E-state index in [2.05, 4.69) is 17.1 Å². The third-order valence-corrected chi connectivity index (χ3v) is 4.62. The lowest BCUT2D eigenvalue weighted by molar-refractivity contribution is 0.0837. The SMILES string of the molecule is Cc1cc(-c2ccc(C(=O)C3CCCCC3C)cc2)n[nH]1. The number of rotatable bonds is 3. The molecule has 3 nitrogen and oxygen atoms in total. The lowest BCUT2D eigenvalue weighted by Gasteiger charge is -2.27. The minimum absolute atomic E-state index is 0.206. The van der Waals surface area contributed by atoms with Crippen molar-refractivity contribution in [2.75, 3.05) is 0 Å². The van der Waals surface area contributed by atoms with Crippen LogP contribution in [0.15, 0.2) is 30.3 Å². The molecule has 21 heavy (non-hydrogen) atoms. The summed E-state index contributed by atoms with van der Waals surface area (Å²) >= 11 is 0. The molecule has 0 bridgehead atoms. The van der Waals surface area contributed by atoms with Gasteiger partial charge in [-0.25, -0.2) is 0 Å². The van der Waals surface area contributed by atoms with E-state index >= 15 is 0 Å². The van der Waals surface area contributed by atoms with Crippen LogP contribution in [0.1, 0.15) is 48.7 Å². The second-order valence-electron chi connectivity index (χ2n) is 6.25. The van der Waals surface area contributed by atoms with Crippen molar-refractivity contribution in [2.24, 2.45) is 11.8 Å². The maximum atomic E-state index is 12.6. The average molecular weight is 282 g/mol. The standard InChI is InChI=1S/C18H22N2O/c1-12-5-3-4-6-16(12)18(21)15-9-7-14(8-10-15)17-11-13(2)19-20-17/h7-12,16H,3-6H2,1-2H3,(H,19,20). The molecule has 1 aromatic carbocycles. The first-order valence-electron chi connectivity index (χ1n) is 7.82. The highest BCUT2D eigenvalue weighted by molar-refractivity contribution is 5.98. The fourth-order valence-electron chi connectivity index (χ4n) is 3.29. The van der Waals surface area contributed by atoms with Crippen molar-refractivity contribution in [1.29, 1.82) is 0 Å². The van der Waals surface area contributed by atoms with Gasteiger partial charge in [0.2, 0.25) is 0 Å². The molecular weight excluding hydrogens is 260 g/mol. The molecule has 1 fully saturated rings. The van der Waals surface area contributed by atoms with Gasteiger partial charge in [-0.2, -0.15) is 5.10 Å². The Labute approximate surface area is 125 Å². The number of aryl methyl sites for hydroxylation is 1. The van der Waals surface area contributed by atoms with E-state index in [-0.39, 0.29) is 5.92 Å². The van der Waals surface area contributed by atoms with Crippen molar-refractivity contribution < 1.29 is 4.79 Å². The van der Waals surface area contributed by atoms with Gasteiger partial charge in [0.15, 0.2) is 5.78 Å². The van der Waals surface area contributed by atoms with Crippen molar-refractivity contribution in [1.82, 2.24) is 10.2 Å². The molecule has 0 radical (unpaired) electrons. The summed E-state index contributed by atoms with van der Waals surface area (Å²) in [5.74, 6) is 1.03. The topological polar surface area (TPSA) is 45.8 Å². The van der Waals surface area contributed by atoms with E-state index in [0.717, 1.165) is 28.9 Å². The molecule has 0 saturated heterocycles. The number of carbonyl (C=O) groups is 1. The number of hydrogen-bond donors (Lipinski definition) is 1. The Balaban J connectivity index is 1.79. The highest BCUT2D eigenvalue weighted by atomic mass is 16.1. The van der Waals surface area contributed by atoms with Crippen LogP contribution >= 0.6 is 0 Å². The number of ketones is 1. The molecule has 1 aromatic heterocycles. The van der Waals surface area contributed by atoms with Crippen LogP contribution in [0.2, 0.25) is 0 Å². The summed E-state index contributed by atoms with van der Waals surface area (Å²) in [6.07, 6.45) is 4.68. The summed E-state index contributed by atoms with van der Waals surface area (Å²) in [6.45, 7) is 4.20. The van der Waals surface area contributed by atoms with Crippen LogP contribution in [0.3, 0.4) is 0 Å². The smallest absolute Gasteiger partial charge is 0.166 e. The number of nitrogens with one attached hydrogen (secondary N) is 1. The van der Waals surface area contributed by atoms with Crippen LogP contribution in [0.5, 0.6) is 0 Å². The van der Waals surface area contributed by atoms with Crippen molar-refractivity contribution in [3.8, 4) is 11.3 Å². The quantitative estimate of drug-likeness (QED) is 0.848. The Kier molecular flexibility index (Phi) is 3.91. The minimum atomic E-state index is 0.206. The Morgan fingerprint density at radius 2 is 1.90 bits per heavy atom. The molecule has 2 atom stereocenters. The maximum Gasteiger partial charge on any atom is 0.166 e. The molecule has 0 spiro atoms. The Bertz CT molecular complexity index is 627. The molecule has 3 heteroatoms. The van der Waals surface area contributed by atoms with Gasteiger partial charge < -0.3 is 0 Å². The van der Waals surface area contributed by atoms with Gasteiger partial charge in [-0.3, -0.25) is 9.89 Å². The molecule has 0 amide bonds. The van der Waals surface area contributed by atoms with Crippen LogP contribution in [-0.2, 0) is 0 Å². The van der Waals surface area contributed by atoms with Crippen LogP contribution in [0.25, 0.3) is 11.3 Å². The third kappa shape index (κ3) is 2.92. The second-order valence-corrected chi connectivity index (χ2v) is 6.25. The summed E-state index contributed by atoms with van der Waals surface area (Å²) < 4.78 is 0. The molecule has 1 heterocycles. The molecule has 1 N–H and O–H groups in total. The third-order valence-electron chi connectivity index (χ3n) is 4.62. The van der Waals surface area contributed by atoms with E-state index in [1.807, 2.05) is 37.3 Å². The predicted molar refractivity (Wildman–Crippen MR) is 84.2 cm³/mol. The van der Waals surface area contributed by atoms with Gasteiger partial charge >= 0.3 is 0 Å². The summed E-state index contributed by atoms with van der Waals surface area (Å²) in [6, 6.07) is 9.90. The first-order valence-corrected chi connectivity index (χ1v) is 7.82. The summed E-state index contributed by atoms with van der Waals surface area (Å²) in [5.41, 5.74) is 3.86. The second kappa shape index (κ2) is 5.84. The predicted octanol–water partition coefficient (Wildman–Crippen LogP) is 4.39. The van der Waals surface area contributed by atoms with Gasteiger partial charge in [0, 0.05) is 22.7 Å². The zero-order chi connectivity index (χ0) is 14.8. The number of H-pyrrole nitrogens is 1. The first kappa shape index (κ1) is 14.1. The number of hydrogen-bond acceptors (Lipinski definition) is 2. The Morgan fingerprint density at radius 1 is 1.19 bits per heavy atom. The first-order chi connectivity index (χ1) is 10.1. The molecule has 110 valence electrons. The molecule has 2 aromatic rings. The highest BCUT2D eigenvalue weighted by Crippen LogP contribution is 2.32. The number of aromatic nitrogens is 2. The Hall–Kier alpha value is -1.90. The molecule has 3 rings (SSSR count). The normalized spacial score (nSPS) is 22.2. The monoisotopic (exact) mass is 282 g/mol. The fraction of sp³-hybridized carbons (Fsp3) is 0.444. The molecular formula is C18H22N2O. The van der Waals surface area contributed by atoms with Crippen LogP contribution in [0, 0.1) is 18.8 Å². The van der Waals surface area contributed by atoms with Crippen molar-refractivity contribution in [2.45, 2.75) is 39.5 Å². The van der Waals surface area contributed by atoms with Crippen molar-refractivity contribution in [3.05, 3.63) is 41.6 Å². The van der Waals surface area contributed by atoms with Gasteiger partial charge in [0.25, 0.3) is 0 Å². The molecule has 2 unspecified atom stereocenters. The minimum Gasteiger partial charge on any atom is -0.294 e. The molecule has 0 aliphatic heterocycles. The molecule has 1 aliphatic rings. The van der Waals surface area contributed by atoms with Crippen molar-refractivity contribution >= 4 is 5.78 Å². The van der Waals surface area contributed by atoms with E-state index in [4.69, 9.17) is 0 Å². The highest BCUT2D eigenvalue weighted by Gasteiger charge is 2.28. The van der Waals surface area contributed by atoms with E-state index in [1.165, 1.54) is 19.3 Å². The average Bonchev–Trinajstić information content (AvgIpc) is 2.94. The zero-order valence-electron chi connectivity index (χ0n) is 12.7. The summed E-state index contributed by atoms with van der Waals surface area (Å²) in [7, 11) is 0. The number of Topliss-reactive ketones (excluding diaryl/α,β-unsaturated/α-hetero) is 1. The van der Waals surface area contributed by atoms with Gasteiger partial charge in [-0.1, -0.05) is 50.5 Å². The summed E-state index contributed by atoms with van der Waals surface area (Å²) in [4.78, 5) is 12.6. The lowest BCUT2D eigenvalue weighted by Crippen LogP contribution is -2.25. The van der Waals surface area contributed by atoms with Crippen LogP contribution < -0.4 is 0 Å². The van der Waals surface area contributed by atoms with Gasteiger partial charge in [-0.05, 0) is 25.3 Å². The van der Waals surface area contributed by atoms with E-state index in [0.29, 0.717) is 11.7 Å². The summed E-state index contributed by atoms with van der Waals surface area (Å²) in [5, 5.41) is 7.20. The van der Waals surface area contributed by atoms with Crippen molar-refractivity contribution in [3.63, 3.8) is 0 Å². The zero-order valence-corrected chi connectivity index (χ0v) is 12.7. The fourth-order valence-corrected chi connectivity index (χ4v) is 3.29. The maximum absolute atomic E-state index is 12.6.